The molecule has 184 valence electrons. The first-order valence-corrected chi connectivity index (χ1v) is 11.3. The highest BCUT2D eigenvalue weighted by molar-refractivity contribution is 6.27. The van der Waals surface area contributed by atoms with E-state index in [-0.39, 0.29) is 43.5 Å². The van der Waals surface area contributed by atoms with E-state index in [0.29, 0.717) is 12.0 Å². The summed E-state index contributed by atoms with van der Waals surface area (Å²) in [6, 6.07) is 1.59. The molecule has 0 aliphatic carbocycles. The number of ether oxygens (including phenoxy) is 3. The Morgan fingerprint density at radius 1 is 1.06 bits per heavy atom. The van der Waals surface area contributed by atoms with Crippen molar-refractivity contribution in [2.75, 3.05) is 13.2 Å². The molecule has 0 aliphatic heterocycles. The quantitative estimate of drug-likeness (QED) is 0.187. The number of carbonyl (C=O) groups excluding carboxylic acids is 4. The molecule has 0 N–H and O–H groups in total. The molecule has 0 fully saturated rings. The maximum atomic E-state index is 13.8. The van der Waals surface area contributed by atoms with Gasteiger partial charge in [0.15, 0.2) is 17.0 Å². The Labute approximate surface area is 196 Å². The van der Waals surface area contributed by atoms with Gasteiger partial charge in [-0.15, -0.1) is 0 Å². The van der Waals surface area contributed by atoms with Gasteiger partial charge in [-0.1, -0.05) is 6.42 Å². The molecule has 0 radical (unpaired) electrons. The van der Waals surface area contributed by atoms with Gasteiger partial charge < -0.3 is 14.2 Å². The van der Waals surface area contributed by atoms with Gasteiger partial charge in [0.2, 0.25) is 0 Å². The van der Waals surface area contributed by atoms with E-state index in [2.05, 4.69) is 4.98 Å². The fourth-order valence-electron chi connectivity index (χ4n) is 3.24. The summed E-state index contributed by atoms with van der Waals surface area (Å²) in [5.74, 6) is -2.64. The van der Waals surface area contributed by atoms with E-state index in [9.17, 15) is 19.2 Å². The number of pyridine rings is 1. The van der Waals surface area contributed by atoms with Gasteiger partial charge in [-0.2, -0.15) is 0 Å². The Morgan fingerprint density at radius 2 is 1.73 bits per heavy atom. The summed E-state index contributed by atoms with van der Waals surface area (Å²) < 4.78 is 16.0. The Kier molecular flexibility index (Phi) is 10.8. The van der Waals surface area contributed by atoms with E-state index in [1.165, 1.54) is 6.20 Å². The van der Waals surface area contributed by atoms with E-state index in [0.717, 1.165) is 0 Å². The van der Waals surface area contributed by atoms with Gasteiger partial charge in [0, 0.05) is 24.4 Å². The Bertz CT molecular complexity index is 841. The molecule has 0 bridgehead atoms. The summed E-state index contributed by atoms with van der Waals surface area (Å²) in [6.07, 6.45) is 3.25. The molecular formula is C25H37NO7. The molecule has 1 atom stereocenters. The zero-order valence-electron chi connectivity index (χ0n) is 20.9. The van der Waals surface area contributed by atoms with E-state index < -0.39 is 35.2 Å². The van der Waals surface area contributed by atoms with Gasteiger partial charge in [0.1, 0.15) is 12.2 Å². The number of aryl methyl sites for hydroxylation is 1. The molecule has 1 unspecified atom stereocenters. The van der Waals surface area contributed by atoms with Crippen LogP contribution in [-0.2, 0) is 28.6 Å². The van der Waals surface area contributed by atoms with Crippen LogP contribution in [-0.4, -0.2) is 53.4 Å². The topological polar surface area (TPSA) is 109 Å². The molecule has 0 aliphatic rings. The van der Waals surface area contributed by atoms with E-state index in [1.807, 2.05) is 0 Å². The van der Waals surface area contributed by atoms with Crippen LogP contribution in [0.15, 0.2) is 18.5 Å². The molecule has 1 heterocycles. The molecule has 33 heavy (non-hydrogen) atoms. The molecule has 1 rings (SSSR count). The van der Waals surface area contributed by atoms with Crippen LogP contribution in [0.2, 0.25) is 0 Å². The third-order valence-electron chi connectivity index (χ3n) is 4.78. The molecule has 1 aromatic heterocycles. The minimum absolute atomic E-state index is 0.117. The minimum atomic E-state index is -2.10. The van der Waals surface area contributed by atoms with Gasteiger partial charge in [0.25, 0.3) is 0 Å². The molecule has 8 heteroatoms. The Morgan fingerprint density at radius 3 is 2.27 bits per heavy atom. The number of aromatic nitrogens is 1. The van der Waals surface area contributed by atoms with Gasteiger partial charge in [0.05, 0.1) is 12.7 Å². The van der Waals surface area contributed by atoms with Crippen molar-refractivity contribution >= 4 is 23.5 Å². The summed E-state index contributed by atoms with van der Waals surface area (Å²) in [4.78, 5) is 56.5. The molecule has 8 nitrogen and oxygen atoms in total. The number of nitrogens with zero attached hydrogens (tertiary/aromatic N) is 1. The maximum Gasteiger partial charge on any atom is 0.328 e. The number of rotatable bonds is 13. The fraction of sp³-hybridized carbons (Fsp3) is 0.640. The predicted octanol–water partition coefficient (Wildman–Crippen LogP) is 4.02. The van der Waals surface area contributed by atoms with Crippen molar-refractivity contribution in [2.45, 2.75) is 85.9 Å². The standard InChI is InChI=1S/C25H37NO7/c1-8-31-21(28)11-9-10-12-25(20(27)16-32-17(2)3,23(30)33-24(5,6)7)22(29)19-13-18(4)14-26-15-19/h13-15,17H,8-12,16H2,1-7H3. The Hall–Kier alpha value is -2.61. The summed E-state index contributed by atoms with van der Waals surface area (Å²) in [6.45, 7) is 11.9. The summed E-state index contributed by atoms with van der Waals surface area (Å²) >= 11 is 0. The second-order valence-corrected chi connectivity index (χ2v) is 9.28. The third kappa shape index (κ3) is 8.68. The largest absolute Gasteiger partial charge is 0.466 e. The molecule has 1 aromatic rings. The van der Waals surface area contributed by atoms with Crippen molar-refractivity contribution in [3.8, 4) is 0 Å². The SMILES string of the molecule is CCOC(=O)CCCCC(C(=O)COC(C)C)(C(=O)OC(C)(C)C)C(=O)c1cncc(C)c1. The number of Topliss-reactive ketones (excluding diaryl/α,β-unsaturated/α-hetero) is 2. The highest BCUT2D eigenvalue weighted by Gasteiger charge is 2.54. The van der Waals surface area contributed by atoms with Crippen LogP contribution >= 0.6 is 0 Å². The zero-order valence-corrected chi connectivity index (χ0v) is 20.9. The normalized spacial score (nSPS) is 13.3. The van der Waals surface area contributed by atoms with Crippen molar-refractivity contribution in [2.24, 2.45) is 5.41 Å². The minimum Gasteiger partial charge on any atom is -0.466 e. The summed E-state index contributed by atoms with van der Waals surface area (Å²) in [7, 11) is 0. The number of esters is 2. The van der Waals surface area contributed by atoms with Crippen molar-refractivity contribution in [3.63, 3.8) is 0 Å². The number of carbonyl (C=O) groups is 4. The molecular weight excluding hydrogens is 426 g/mol. The molecule has 0 amide bonds. The van der Waals surface area contributed by atoms with Crippen LogP contribution in [0.25, 0.3) is 0 Å². The predicted molar refractivity (Wildman–Crippen MR) is 123 cm³/mol. The highest BCUT2D eigenvalue weighted by Crippen LogP contribution is 2.35. The lowest BCUT2D eigenvalue weighted by Crippen LogP contribution is -2.51. The average Bonchev–Trinajstić information content (AvgIpc) is 2.70. The van der Waals surface area contributed by atoms with Crippen molar-refractivity contribution in [3.05, 3.63) is 29.6 Å². The fourth-order valence-corrected chi connectivity index (χ4v) is 3.24. The van der Waals surface area contributed by atoms with Gasteiger partial charge >= 0.3 is 11.9 Å². The van der Waals surface area contributed by atoms with Crippen LogP contribution in [0.1, 0.15) is 83.1 Å². The van der Waals surface area contributed by atoms with Crippen LogP contribution in [0.5, 0.6) is 0 Å². The Balaban J connectivity index is 3.41. The number of hydrogen-bond acceptors (Lipinski definition) is 8. The van der Waals surface area contributed by atoms with Gasteiger partial charge in [-0.05, 0) is 72.9 Å². The van der Waals surface area contributed by atoms with Crippen molar-refractivity contribution < 1.29 is 33.4 Å². The zero-order chi connectivity index (χ0) is 25.2. The lowest BCUT2D eigenvalue weighted by atomic mass is 9.72. The van der Waals surface area contributed by atoms with E-state index in [1.54, 1.807) is 60.7 Å². The molecule has 0 aromatic carbocycles. The van der Waals surface area contributed by atoms with Gasteiger partial charge in [-0.25, -0.2) is 0 Å². The van der Waals surface area contributed by atoms with Crippen LogP contribution in [0.4, 0.5) is 0 Å². The summed E-state index contributed by atoms with van der Waals surface area (Å²) in [5.41, 5.74) is -2.17. The monoisotopic (exact) mass is 463 g/mol. The first-order chi connectivity index (χ1) is 15.3. The highest BCUT2D eigenvalue weighted by atomic mass is 16.6. The summed E-state index contributed by atoms with van der Waals surface area (Å²) in [5, 5.41) is 0. The first kappa shape index (κ1) is 28.4. The third-order valence-corrected chi connectivity index (χ3v) is 4.78. The average molecular weight is 464 g/mol. The van der Waals surface area contributed by atoms with Crippen LogP contribution in [0, 0.1) is 12.3 Å². The van der Waals surface area contributed by atoms with Gasteiger partial charge in [-0.3, -0.25) is 24.2 Å². The molecule has 0 spiro atoms. The van der Waals surface area contributed by atoms with Crippen molar-refractivity contribution in [1.29, 1.82) is 0 Å². The second kappa shape index (κ2) is 12.6. The maximum absolute atomic E-state index is 13.8. The lowest BCUT2D eigenvalue weighted by molar-refractivity contribution is -0.168. The van der Waals surface area contributed by atoms with Crippen LogP contribution in [0.3, 0.4) is 0 Å². The van der Waals surface area contributed by atoms with E-state index >= 15 is 0 Å². The van der Waals surface area contributed by atoms with Crippen molar-refractivity contribution in [1.82, 2.24) is 4.98 Å². The molecule has 0 saturated heterocycles. The molecule has 0 saturated carbocycles. The smallest absolute Gasteiger partial charge is 0.328 e. The van der Waals surface area contributed by atoms with Crippen LogP contribution < -0.4 is 0 Å². The number of ketones is 2. The first-order valence-electron chi connectivity index (χ1n) is 11.3. The number of unbranched alkanes of at least 4 members (excludes halogenated alkanes) is 1. The second-order valence-electron chi connectivity index (χ2n) is 9.28. The van der Waals surface area contributed by atoms with E-state index in [4.69, 9.17) is 14.2 Å². The lowest BCUT2D eigenvalue weighted by Gasteiger charge is -2.32. The number of hydrogen-bond donors (Lipinski definition) is 0.